The minimum atomic E-state index is -0.939. The van der Waals surface area contributed by atoms with Crippen molar-refractivity contribution in [3.63, 3.8) is 0 Å². The number of aliphatic carboxylic acids is 1. The molecule has 0 aromatic carbocycles. The number of hydrogen-bond acceptors (Lipinski definition) is 2. The quantitative estimate of drug-likeness (QED) is 0.339. The second-order valence-electron chi connectivity index (χ2n) is 4.59. The lowest BCUT2D eigenvalue weighted by Gasteiger charge is -2.08. The second-order valence-corrected chi connectivity index (χ2v) is 4.59. The van der Waals surface area contributed by atoms with Gasteiger partial charge in [0.15, 0.2) is 0 Å². The molecule has 1 unspecified atom stereocenters. The summed E-state index contributed by atoms with van der Waals surface area (Å²) in [7, 11) is 0. The molecule has 3 heteroatoms. The molecular weight excluding hydrogens is 240 g/mol. The second kappa shape index (κ2) is 13.1. The zero-order valence-corrected chi connectivity index (χ0v) is 11.8. The van der Waals surface area contributed by atoms with E-state index in [0.717, 1.165) is 38.2 Å². The fraction of sp³-hybridized carbons (Fsp3) is 0.562. The van der Waals surface area contributed by atoms with E-state index in [1.54, 1.807) is 12.2 Å². The summed E-state index contributed by atoms with van der Waals surface area (Å²) in [6.45, 7) is 2.16. The average Bonchev–Trinajstić information content (AvgIpc) is 2.36. The maximum atomic E-state index is 10.2. The zero-order valence-electron chi connectivity index (χ0n) is 11.8. The molecule has 0 radical (unpaired) electrons. The van der Waals surface area contributed by atoms with Crippen LogP contribution in [0.1, 0.15) is 51.9 Å². The summed E-state index contributed by atoms with van der Waals surface area (Å²) in [6.07, 6.45) is 17.1. The van der Waals surface area contributed by atoms with Crippen molar-refractivity contribution in [1.82, 2.24) is 0 Å². The van der Waals surface area contributed by atoms with Crippen molar-refractivity contribution < 1.29 is 15.0 Å². The van der Waals surface area contributed by atoms with Gasteiger partial charge in [0.25, 0.3) is 0 Å². The molecule has 0 heterocycles. The number of unbranched alkanes of at least 4 members (excludes halogenated alkanes) is 3. The van der Waals surface area contributed by atoms with Gasteiger partial charge in [-0.25, -0.2) is 4.79 Å². The molecule has 0 bridgehead atoms. The maximum Gasteiger partial charge on any atom is 0.328 e. The van der Waals surface area contributed by atoms with E-state index in [9.17, 15) is 9.90 Å². The largest absolute Gasteiger partial charge is 0.478 e. The molecule has 0 saturated carbocycles. The van der Waals surface area contributed by atoms with Gasteiger partial charge in [-0.3, -0.25) is 0 Å². The van der Waals surface area contributed by atoms with E-state index in [1.807, 2.05) is 12.2 Å². The van der Waals surface area contributed by atoms with Crippen LogP contribution in [0.25, 0.3) is 0 Å². The molecule has 0 aromatic rings. The van der Waals surface area contributed by atoms with E-state index >= 15 is 0 Å². The van der Waals surface area contributed by atoms with Crippen LogP contribution in [0.4, 0.5) is 0 Å². The van der Waals surface area contributed by atoms with E-state index in [4.69, 9.17) is 5.11 Å². The van der Waals surface area contributed by atoms with Crippen LogP contribution in [-0.4, -0.2) is 22.3 Å². The highest BCUT2D eigenvalue weighted by Gasteiger charge is 2.01. The number of rotatable bonds is 11. The van der Waals surface area contributed by atoms with Crippen LogP contribution in [0.3, 0.4) is 0 Å². The highest BCUT2D eigenvalue weighted by atomic mass is 16.4. The summed E-state index contributed by atoms with van der Waals surface area (Å²) in [6, 6.07) is 0. The molecule has 0 aliphatic rings. The number of allylic oxidation sites excluding steroid dienone is 5. The molecule has 2 N–H and O–H groups in total. The standard InChI is InChI=1S/C16H26O3/c1-2-3-9-12-15(17)13-10-7-5-4-6-8-11-14-16(18)19/h4-6,8,11,14-15,17H,2-3,7,9-10,12-13H2,1H3,(H,18,19). The molecule has 108 valence electrons. The fourth-order valence-electron chi connectivity index (χ4n) is 1.69. The summed E-state index contributed by atoms with van der Waals surface area (Å²) < 4.78 is 0. The van der Waals surface area contributed by atoms with Crippen molar-refractivity contribution >= 4 is 5.97 Å². The lowest BCUT2D eigenvalue weighted by Crippen LogP contribution is -2.05. The molecule has 0 aliphatic heterocycles. The normalized spacial score (nSPS) is 13.8. The number of aliphatic hydroxyl groups is 1. The molecule has 1 atom stereocenters. The van der Waals surface area contributed by atoms with Crippen LogP contribution in [-0.2, 0) is 4.79 Å². The summed E-state index contributed by atoms with van der Waals surface area (Å²) in [5, 5.41) is 18.1. The third kappa shape index (κ3) is 14.6. The van der Waals surface area contributed by atoms with Crippen molar-refractivity contribution in [2.45, 2.75) is 58.0 Å². The Labute approximate surface area is 116 Å². The fourth-order valence-corrected chi connectivity index (χ4v) is 1.69. The predicted octanol–water partition coefficient (Wildman–Crippen LogP) is 3.85. The van der Waals surface area contributed by atoms with E-state index in [-0.39, 0.29) is 6.10 Å². The molecule has 0 rings (SSSR count). The molecule has 3 nitrogen and oxygen atoms in total. The third-order valence-electron chi connectivity index (χ3n) is 2.76. The number of hydrogen-bond donors (Lipinski definition) is 2. The Bertz CT molecular complexity index is 303. The van der Waals surface area contributed by atoms with Crippen molar-refractivity contribution in [2.24, 2.45) is 0 Å². The number of carboxylic acids is 1. The first-order valence-electron chi connectivity index (χ1n) is 7.07. The van der Waals surface area contributed by atoms with Crippen LogP contribution in [0.2, 0.25) is 0 Å². The molecular formula is C16H26O3. The van der Waals surface area contributed by atoms with Gasteiger partial charge < -0.3 is 10.2 Å². The summed E-state index contributed by atoms with van der Waals surface area (Å²) >= 11 is 0. The average molecular weight is 266 g/mol. The molecule has 0 aromatic heterocycles. The Balaban J connectivity index is 3.49. The number of carboxylic acid groups (broad SMARTS) is 1. The van der Waals surface area contributed by atoms with Crippen molar-refractivity contribution in [3.8, 4) is 0 Å². The SMILES string of the molecule is CCCCCC(O)CCCC=CC=CC=CC(=O)O. The first kappa shape index (κ1) is 17.6. The van der Waals surface area contributed by atoms with Gasteiger partial charge >= 0.3 is 5.97 Å². The van der Waals surface area contributed by atoms with Gasteiger partial charge in [0.1, 0.15) is 0 Å². The van der Waals surface area contributed by atoms with Gasteiger partial charge in [0, 0.05) is 6.08 Å². The van der Waals surface area contributed by atoms with Gasteiger partial charge in [-0.15, -0.1) is 0 Å². The van der Waals surface area contributed by atoms with Gasteiger partial charge in [0.05, 0.1) is 6.10 Å². The molecule has 19 heavy (non-hydrogen) atoms. The first-order valence-corrected chi connectivity index (χ1v) is 7.07. The molecule has 0 amide bonds. The Morgan fingerprint density at radius 1 is 1.05 bits per heavy atom. The van der Waals surface area contributed by atoms with E-state index < -0.39 is 5.97 Å². The van der Waals surface area contributed by atoms with Gasteiger partial charge in [-0.2, -0.15) is 0 Å². The van der Waals surface area contributed by atoms with Crippen molar-refractivity contribution in [3.05, 3.63) is 36.5 Å². The Morgan fingerprint density at radius 3 is 2.42 bits per heavy atom. The van der Waals surface area contributed by atoms with E-state index in [1.165, 1.54) is 18.9 Å². The van der Waals surface area contributed by atoms with Crippen LogP contribution in [0.15, 0.2) is 36.5 Å². The molecule has 0 fully saturated rings. The third-order valence-corrected chi connectivity index (χ3v) is 2.76. The first-order chi connectivity index (χ1) is 9.16. The van der Waals surface area contributed by atoms with Crippen LogP contribution >= 0.6 is 0 Å². The minimum absolute atomic E-state index is 0.158. The molecule has 0 aliphatic carbocycles. The Hall–Kier alpha value is -1.35. The number of aliphatic hydroxyl groups excluding tert-OH is 1. The highest BCUT2D eigenvalue weighted by Crippen LogP contribution is 2.09. The monoisotopic (exact) mass is 266 g/mol. The Kier molecular flexibility index (Phi) is 12.2. The summed E-state index contributed by atoms with van der Waals surface area (Å²) in [4.78, 5) is 10.2. The summed E-state index contributed by atoms with van der Waals surface area (Å²) in [5.41, 5.74) is 0. The van der Waals surface area contributed by atoms with Crippen LogP contribution in [0, 0.1) is 0 Å². The van der Waals surface area contributed by atoms with Gasteiger partial charge in [0.2, 0.25) is 0 Å². The predicted molar refractivity (Wildman–Crippen MR) is 79.1 cm³/mol. The smallest absolute Gasteiger partial charge is 0.328 e. The topological polar surface area (TPSA) is 57.5 Å². The highest BCUT2D eigenvalue weighted by molar-refractivity contribution is 5.80. The van der Waals surface area contributed by atoms with Crippen LogP contribution < -0.4 is 0 Å². The van der Waals surface area contributed by atoms with Crippen LogP contribution in [0.5, 0.6) is 0 Å². The lowest BCUT2D eigenvalue weighted by molar-refractivity contribution is -0.131. The zero-order chi connectivity index (χ0) is 14.3. The summed E-state index contributed by atoms with van der Waals surface area (Å²) in [5.74, 6) is -0.939. The lowest BCUT2D eigenvalue weighted by atomic mass is 10.1. The molecule has 0 spiro atoms. The van der Waals surface area contributed by atoms with Crippen molar-refractivity contribution in [2.75, 3.05) is 0 Å². The van der Waals surface area contributed by atoms with Gasteiger partial charge in [-0.05, 0) is 25.7 Å². The minimum Gasteiger partial charge on any atom is -0.478 e. The van der Waals surface area contributed by atoms with Gasteiger partial charge in [-0.1, -0.05) is 56.6 Å². The van der Waals surface area contributed by atoms with E-state index in [2.05, 4.69) is 6.92 Å². The Morgan fingerprint density at radius 2 is 1.74 bits per heavy atom. The number of carbonyl (C=O) groups is 1. The van der Waals surface area contributed by atoms with Crippen molar-refractivity contribution in [1.29, 1.82) is 0 Å². The molecule has 0 saturated heterocycles. The maximum absolute atomic E-state index is 10.2. The van der Waals surface area contributed by atoms with E-state index in [0.29, 0.717) is 0 Å².